The van der Waals surface area contributed by atoms with E-state index in [4.69, 9.17) is 10.5 Å². The molecule has 40 heavy (non-hydrogen) atoms. The molecule has 0 aliphatic carbocycles. The number of aliphatic imine (C=N–C) groups is 1. The predicted molar refractivity (Wildman–Crippen MR) is 159 cm³/mol. The second-order valence-electron chi connectivity index (χ2n) is 10.5. The first-order valence-electron chi connectivity index (χ1n) is 14.0. The van der Waals surface area contributed by atoms with Gasteiger partial charge in [-0.2, -0.15) is 4.99 Å². The summed E-state index contributed by atoms with van der Waals surface area (Å²) in [6.45, 7) is 9.65. The second-order valence-corrected chi connectivity index (χ2v) is 10.5. The number of pyridine rings is 1. The highest BCUT2D eigenvalue weighted by atomic mass is 16.6. The van der Waals surface area contributed by atoms with Gasteiger partial charge in [0.1, 0.15) is 0 Å². The normalized spacial score (nSPS) is 17.0. The van der Waals surface area contributed by atoms with Gasteiger partial charge in [-0.25, -0.2) is 9.78 Å². The fourth-order valence-corrected chi connectivity index (χ4v) is 5.18. The van der Waals surface area contributed by atoms with Crippen molar-refractivity contribution in [1.82, 2.24) is 19.7 Å². The fraction of sp³-hybridized carbons (Fsp3) is 0.467. The molecule has 2 amide bonds. The van der Waals surface area contributed by atoms with Crippen LogP contribution in [0.1, 0.15) is 56.0 Å². The van der Waals surface area contributed by atoms with Crippen LogP contribution in [0, 0.1) is 0 Å². The van der Waals surface area contributed by atoms with Crippen LogP contribution in [-0.4, -0.2) is 89.6 Å². The number of aromatic nitrogens is 1. The summed E-state index contributed by atoms with van der Waals surface area (Å²) in [5, 5.41) is 3.10. The number of carbonyl (C=O) groups excluding carboxylic acids is 2. The Morgan fingerprint density at radius 2 is 1.90 bits per heavy atom. The molecule has 3 N–H and O–H groups in total. The van der Waals surface area contributed by atoms with E-state index in [0.29, 0.717) is 43.5 Å². The number of carbonyl (C=O) groups is 2. The fourth-order valence-electron chi connectivity index (χ4n) is 5.18. The van der Waals surface area contributed by atoms with Crippen LogP contribution in [0.3, 0.4) is 0 Å². The van der Waals surface area contributed by atoms with Gasteiger partial charge in [0.05, 0.1) is 6.61 Å². The van der Waals surface area contributed by atoms with Crippen molar-refractivity contribution in [2.45, 2.75) is 52.1 Å². The number of nitrogens with one attached hydrogen (secondary N) is 1. The molecule has 2 aliphatic rings. The SMILES string of the molecule is CCOC(=O)N1CC=C(c2cccnc2/N=C(\N)Nc2ccc(C(=O)N(C)C3CCN(C(C)C)CC3)cc2)CC1. The van der Waals surface area contributed by atoms with E-state index < -0.39 is 0 Å². The molecule has 1 aromatic carbocycles. The highest BCUT2D eigenvalue weighted by Gasteiger charge is 2.27. The highest BCUT2D eigenvalue weighted by molar-refractivity contribution is 5.97. The average Bonchev–Trinajstić information content (AvgIpc) is 2.97. The molecule has 3 heterocycles. The number of piperidine rings is 1. The van der Waals surface area contributed by atoms with Crippen molar-refractivity contribution in [2.24, 2.45) is 10.7 Å². The molecule has 0 spiro atoms. The number of nitrogens with zero attached hydrogens (tertiary/aromatic N) is 5. The molecule has 0 atom stereocenters. The molecule has 1 aromatic heterocycles. The molecular formula is C30H41N7O3. The smallest absolute Gasteiger partial charge is 0.410 e. The summed E-state index contributed by atoms with van der Waals surface area (Å²) in [5.74, 6) is 0.717. The molecule has 10 heteroatoms. The zero-order valence-electron chi connectivity index (χ0n) is 24.0. The monoisotopic (exact) mass is 547 g/mol. The summed E-state index contributed by atoms with van der Waals surface area (Å²) in [6.07, 6.45) is 6.02. The zero-order chi connectivity index (χ0) is 28.6. The third-order valence-corrected chi connectivity index (χ3v) is 7.60. The van der Waals surface area contributed by atoms with Crippen molar-refractivity contribution in [3.8, 4) is 0 Å². The van der Waals surface area contributed by atoms with Crippen molar-refractivity contribution in [3.05, 3.63) is 59.8 Å². The molecule has 0 radical (unpaired) electrons. The number of amides is 2. The van der Waals surface area contributed by atoms with Gasteiger partial charge in [0.15, 0.2) is 11.8 Å². The molecule has 0 saturated carbocycles. The average molecular weight is 548 g/mol. The summed E-state index contributed by atoms with van der Waals surface area (Å²) in [6, 6.07) is 11.9. The Kier molecular flexibility index (Phi) is 9.76. The Morgan fingerprint density at radius 1 is 1.18 bits per heavy atom. The highest BCUT2D eigenvalue weighted by Crippen LogP contribution is 2.29. The summed E-state index contributed by atoms with van der Waals surface area (Å²) in [7, 11) is 1.90. The van der Waals surface area contributed by atoms with E-state index in [-0.39, 0.29) is 24.0 Å². The van der Waals surface area contributed by atoms with E-state index >= 15 is 0 Å². The molecule has 2 aliphatic heterocycles. The van der Waals surface area contributed by atoms with Gasteiger partial charge in [-0.15, -0.1) is 0 Å². The molecule has 4 rings (SSSR count). The third-order valence-electron chi connectivity index (χ3n) is 7.60. The number of anilines is 1. The summed E-state index contributed by atoms with van der Waals surface area (Å²) in [4.78, 5) is 40.1. The van der Waals surface area contributed by atoms with Crippen molar-refractivity contribution >= 4 is 35.0 Å². The molecule has 0 unspecified atom stereocenters. The first-order valence-corrected chi connectivity index (χ1v) is 14.0. The number of hydrogen-bond acceptors (Lipinski definition) is 6. The van der Waals surface area contributed by atoms with E-state index in [1.54, 1.807) is 18.0 Å². The van der Waals surface area contributed by atoms with Gasteiger partial charge in [-0.05, 0) is 82.0 Å². The van der Waals surface area contributed by atoms with Crippen LogP contribution < -0.4 is 11.1 Å². The minimum atomic E-state index is -0.304. The number of likely N-dealkylation sites (tertiary alicyclic amines) is 1. The van der Waals surface area contributed by atoms with Crippen molar-refractivity contribution < 1.29 is 14.3 Å². The maximum absolute atomic E-state index is 13.1. The number of ether oxygens (including phenoxy) is 1. The third kappa shape index (κ3) is 7.18. The predicted octanol–water partition coefficient (Wildman–Crippen LogP) is 4.33. The first-order chi connectivity index (χ1) is 19.3. The maximum atomic E-state index is 13.1. The summed E-state index contributed by atoms with van der Waals surface area (Å²) in [5.41, 5.74) is 9.54. The number of rotatable bonds is 7. The summed E-state index contributed by atoms with van der Waals surface area (Å²) < 4.78 is 5.10. The number of benzene rings is 1. The van der Waals surface area contributed by atoms with E-state index in [1.807, 2.05) is 54.4 Å². The molecular weight excluding hydrogens is 506 g/mol. The van der Waals surface area contributed by atoms with Gasteiger partial charge in [-0.3, -0.25) is 4.79 Å². The van der Waals surface area contributed by atoms with Crippen LogP contribution in [-0.2, 0) is 4.74 Å². The second kappa shape index (κ2) is 13.4. The van der Waals surface area contributed by atoms with Crippen LogP contribution in [0.25, 0.3) is 5.57 Å². The topological polar surface area (TPSA) is 116 Å². The van der Waals surface area contributed by atoms with Crippen LogP contribution in [0.4, 0.5) is 16.3 Å². The molecule has 10 nitrogen and oxygen atoms in total. The van der Waals surface area contributed by atoms with Gasteiger partial charge in [0.2, 0.25) is 0 Å². The number of nitrogens with two attached hydrogens (primary N) is 1. The molecule has 0 bridgehead atoms. The lowest BCUT2D eigenvalue weighted by Gasteiger charge is -2.38. The van der Waals surface area contributed by atoms with E-state index in [0.717, 1.165) is 42.8 Å². The van der Waals surface area contributed by atoms with E-state index in [9.17, 15) is 9.59 Å². The Labute approximate surface area is 236 Å². The Balaban J connectivity index is 1.38. The van der Waals surface area contributed by atoms with E-state index in [2.05, 4.69) is 34.0 Å². The van der Waals surface area contributed by atoms with Crippen LogP contribution in [0.5, 0.6) is 0 Å². The lowest BCUT2D eigenvalue weighted by Crippen LogP contribution is -2.47. The lowest BCUT2D eigenvalue weighted by atomic mass is 10.0. The van der Waals surface area contributed by atoms with Crippen LogP contribution in [0.2, 0.25) is 0 Å². The minimum Gasteiger partial charge on any atom is -0.450 e. The van der Waals surface area contributed by atoms with Crippen LogP contribution >= 0.6 is 0 Å². The van der Waals surface area contributed by atoms with Gasteiger partial charge in [0.25, 0.3) is 5.91 Å². The molecule has 2 aromatic rings. The molecule has 1 saturated heterocycles. The number of hydrogen-bond donors (Lipinski definition) is 2. The molecule has 1 fully saturated rings. The lowest BCUT2D eigenvalue weighted by molar-refractivity contribution is 0.0615. The first kappa shape index (κ1) is 29.1. The minimum absolute atomic E-state index is 0.0246. The Hall–Kier alpha value is -3.92. The van der Waals surface area contributed by atoms with Gasteiger partial charge >= 0.3 is 6.09 Å². The standard InChI is InChI=1S/C30H41N7O3/c1-5-40-30(39)37-17-12-22(13-18-37)26-7-6-16-32-27(26)34-29(31)33-24-10-8-23(9-11-24)28(38)35(4)25-14-19-36(20-15-25)21(2)3/h6-12,16,21,25H,5,13-15,17-20H2,1-4H3,(H3,31,32,33,34). The van der Waals surface area contributed by atoms with E-state index in [1.165, 1.54) is 0 Å². The van der Waals surface area contributed by atoms with Crippen molar-refractivity contribution in [3.63, 3.8) is 0 Å². The van der Waals surface area contributed by atoms with Crippen molar-refractivity contribution in [2.75, 3.05) is 45.2 Å². The van der Waals surface area contributed by atoms with Gasteiger partial charge in [-0.1, -0.05) is 6.08 Å². The zero-order valence-corrected chi connectivity index (χ0v) is 24.0. The van der Waals surface area contributed by atoms with Gasteiger partial charge < -0.3 is 30.5 Å². The Morgan fingerprint density at radius 3 is 2.52 bits per heavy atom. The van der Waals surface area contributed by atoms with Gasteiger partial charge in [0, 0.05) is 68.3 Å². The molecule has 214 valence electrons. The largest absolute Gasteiger partial charge is 0.450 e. The summed E-state index contributed by atoms with van der Waals surface area (Å²) >= 11 is 0. The quantitative estimate of drug-likeness (QED) is 0.391. The Bertz CT molecular complexity index is 1230. The van der Waals surface area contributed by atoms with Crippen molar-refractivity contribution in [1.29, 1.82) is 0 Å². The maximum Gasteiger partial charge on any atom is 0.410 e. The number of guanidine groups is 1. The van der Waals surface area contributed by atoms with Crippen LogP contribution in [0.15, 0.2) is 53.7 Å².